The summed E-state index contributed by atoms with van der Waals surface area (Å²) in [4.78, 5) is 4.74. The normalized spacial score (nSPS) is 28.5. The van der Waals surface area contributed by atoms with Crippen molar-refractivity contribution in [1.82, 2.24) is 0 Å². The molecule has 15 heavy (non-hydrogen) atoms. The summed E-state index contributed by atoms with van der Waals surface area (Å²) in [5.41, 5.74) is 3.60. The lowest BCUT2D eigenvalue weighted by atomic mass is 9.99. The molecule has 1 saturated carbocycles. The number of hydrogen-bond acceptors (Lipinski definition) is 2. The molecule has 1 fully saturated rings. The highest BCUT2D eigenvalue weighted by Gasteiger charge is 2.31. The zero-order valence-electron chi connectivity index (χ0n) is 9.03. The Kier molecular flexibility index (Phi) is 2.01. The third-order valence-electron chi connectivity index (χ3n) is 3.59. The van der Waals surface area contributed by atoms with Crippen LogP contribution >= 0.6 is 0 Å². The van der Waals surface area contributed by atoms with E-state index in [2.05, 4.69) is 36.5 Å². The van der Waals surface area contributed by atoms with Gasteiger partial charge < -0.3 is 5.32 Å². The molecule has 1 N–H and O–H groups in total. The second-order valence-corrected chi connectivity index (χ2v) is 4.56. The molecular weight excluding hydrogens is 184 g/mol. The van der Waals surface area contributed by atoms with Gasteiger partial charge in [-0.2, -0.15) is 0 Å². The van der Waals surface area contributed by atoms with Crippen LogP contribution < -0.4 is 5.32 Å². The van der Waals surface area contributed by atoms with Crippen molar-refractivity contribution in [3.05, 3.63) is 24.3 Å². The minimum atomic E-state index is 0.609. The largest absolute Gasteiger partial charge is 0.380 e. The van der Waals surface area contributed by atoms with E-state index < -0.39 is 0 Å². The molecule has 1 aliphatic heterocycles. The van der Waals surface area contributed by atoms with Gasteiger partial charge in [-0.1, -0.05) is 18.6 Å². The van der Waals surface area contributed by atoms with E-state index in [-0.39, 0.29) is 0 Å². The third-order valence-corrected chi connectivity index (χ3v) is 3.59. The predicted octanol–water partition coefficient (Wildman–Crippen LogP) is 3.37. The molecule has 2 aliphatic rings. The van der Waals surface area contributed by atoms with Crippen molar-refractivity contribution < 1.29 is 0 Å². The van der Waals surface area contributed by atoms with Crippen molar-refractivity contribution >= 4 is 17.1 Å². The smallest absolute Gasteiger partial charge is 0.0860 e. The van der Waals surface area contributed by atoms with Crippen molar-refractivity contribution in [3.8, 4) is 0 Å². The number of nitrogens with zero attached hydrogens (tertiary/aromatic N) is 1. The van der Waals surface area contributed by atoms with Crippen LogP contribution in [0.2, 0.25) is 0 Å². The second kappa shape index (κ2) is 3.37. The zero-order chi connectivity index (χ0) is 10.3. The topological polar surface area (TPSA) is 24.4 Å². The van der Waals surface area contributed by atoms with E-state index in [1.807, 2.05) is 0 Å². The molecule has 1 heterocycles. The van der Waals surface area contributed by atoms with Crippen LogP contribution in [0.15, 0.2) is 29.3 Å². The van der Waals surface area contributed by atoms with Crippen molar-refractivity contribution in [3.63, 3.8) is 0 Å². The SMILES string of the molecule is CC1=Nc2ccccc2NC2CCCC12. The first-order valence-electron chi connectivity index (χ1n) is 5.75. The Labute approximate surface area is 90.4 Å². The summed E-state index contributed by atoms with van der Waals surface area (Å²) in [7, 11) is 0. The maximum Gasteiger partial charge on any atom is 0.0860 e. The number of hydrogen-bond donors (Lipinski definition) is 1. The van der Waals surface area contributed by atoms with Crippen molar-refractivity contribution in [2.24, 2.45) is 10.9 Å². The second-order valence-electron chi connectivity index (χ2n) is 4.56. The van der Waals surface area contributed by atoms with Crippen LogP contribution in [0.4, 0.5) is 11.4 Å². The number of anilines is 1. The van der Waals surface area contributed by atoms with Gasteiger partial charge in [0, 0.05) is 17.7 Å². The highest BCUT2D eigenvalue weighted by atomic mass is 15.0. The molecule has 0 saturated heterocycles. The van der Waals surface area contributed by atoms with E-state index >= 15 is 0 Å². The number of rotatable bonds is 0. The summed E-state index contributed by atoms with van der Waals surface area (Å²) in [6.45, 7) is 2.17. The summed E-state index contributed by atoms with van der Waals surface area (Å²) in [6.07, 6.45) is 3.91. The first kappa shape index (κ1) is 8.96. The van der Waals surface area contributed by atoms with Crippen LogP contribution in [0.3, 0.4) is 0 Å². The van der Waals surface area contributed by atoms with Gasteiger partial charge in [0.1, 0.15) is 0 Å². The molecule has 0 amide bonds. The van der Waals surface area contributed by atoms with Gasteiger partial charge in [-0.05, 0) is 31.9 Å². The van der Waals surface area contributed by atoms with Gasteiger partial charge in [0.05, 0.1) is 11.4 Å². The molecule has 0 radical (unpaired) electrons. The van der Waals surface area contributed by atoms with Gasteiger partial charge >= 0.3 is 0 Å². The van der Waals surface area contributed by atoms with Gasteiger partial charge in [-0.15, -0.1) is 0 Å². The molecule has 2 unspecified atom stereocenters. The fraction of sp³-hybridized carbons (Fsp3) is 0.462. The fourth-order valence-electron chi connectivity index (χ4n) is 2.80. The Morgan fingerprint density at radius 1 is 1.27 bits per heavy atom. The highest BCUT2D eigenvalue weighted by molar-refractivity contribution is 5.91. The van der Waals surface area contributed by atoms with Crippen LogP contribution in [0.25, 0.3) is 0 Å². The molecule has 2 nitrogen and oxygen atoms in total. The number of aliphatic imine (C=N–C) groups is 1. The lowest BCUT2D eigenvalue weighted by Gasteiger charge is -2.18. The zero-order valence-corrected chi connectivity index (χ0v) is 9.03. The predicted molar refractivity (Wildman–Crippen MR) is 64.0 cm³/mol. The van der Waals surface area contributed by atoms with Crippen molar-refractivity contribution in [2.45, 2.75) is 32.2 Å². The van der Waals surface area contributed by atoms with Gasteiger partial charge in [0.15, 0.2) is 0 Å². The van der Waals surface area contributed by atoms with Crippen LogP contribution in [0.5, 0.6) is 0 Å². The van der Waals surface area contributed by atoms with E-state index in [4.69, 9.17) is 4.99 Å². The minimum absolute atomic E-state index is 0.609. The van der Waals surface area contributed by atoms with E-state index in [1.54, 1.807) is 0 Å². The van der Waals surface area contributed by atoms with Crippen LogP contribution in [-0.4, -0.2) is 11.8 Å². The maximum atomic E-state index is 4.74. The first-order valence-corrected chi connectivity index (χ1v) is 5.75. The third kappa shape index (κ3) is 1.44. The number of nitrogens with one attached hydrogen (secondary N) is 1. The lowest BCUT2D eigenvalue weighted by molar-refractivity contribution is 0.653. The molecule has 0 aromatic heterocycles. The summed E-state index contributed by atoms with van der Waals surface area (Å²) in [6, 6.07) is 8.96. The monoisotopic (exact) mass is 200 g/mol. The minimum Gasteiger partial charge on any atom is -0.380 e. The van der Waals surface area contributed by atoms with Crippen molar-refractivity contribution in [1.29, 1.82) is 0 Å². The molecule has 0 spiro atoms. The average molecular weight is 200 g/mol. The Balaban J connectivity index is 2.07. The van der Waals surface area contributed by atoms with E-state index in [1.165, 1.54) is 30.7 Å². The Bertz CT molecular complexity index is 409. The molecule has 1 aromatic rings. The molecule has 78 valence electrons. The quantitative estimate of drug-likeness (QED) is 0.682. The Morgan fingerprint density at radius 3 is 3.07 bits per heavy atom. The highest BCUT2D eigenvalue weighted by Crippen LogP contribution is 2.36. The standard InChI is InChI=1S/C13H16N2/c1-9-10-5-4-8-11(10)15-13-7-3-2-6-12(13)14-9/h2-3,6-7,10-11,15H,4-5,8H2,1H3. The van der Waals surface area contributed by atoms with Gasteiger partial charge in [-0.3, -0.25) is 4.99 Å². The van der Waals surface area contributed by atoms with Gasteiger partial charge in [0.2, 0.25) is 0 Å². The first-order chi connectivity index (χ1) is 7.34. The summed E-state index contributed by atoms with van der Waals surface area (Å²) < 4.78 is 0. The lowest BCUT2D eigenvalue weighted by Crippen LogP contribution is -2.27. The summed E-state index contributed by atoms with van der Waals surface area (Å²) in [5, 5.41) is 3.64. The van der Waals surface area contributed by atoms with Crippen LogP contribution in [0.1, 0.15) is 26.2 Å². The number of benzene rings is 1. The summed E-state index contributed by atoms with van der Waals surface area (Å²) in [5.74, 6) is 0.650. The average Bonchev–Trinajstić information content (AvgIpc) is 2.64. The van der Waals surface area contributed by atoms with Crippen LogP contribution in [0, 0.1) is 5.92 Å². The summed E-state index contributed by atoms with van der Waals surface area (Å²) >= 11 is 0. The molecular formula is C13H16N2. The number of fused-ring (bicyclic) bond motifs is 2. The molecule has 1 aliphatic carbocycles. The Hall–Kier alpha value is -1.31. The molecule has 1 aromatic carbocycles. The fourth-order valence-corrected chi connectivity index (χ4v) is 2.80. The molecule has 2 heteroatoms. The van der Waals surface area contributed by atoms with E-state index in [0.29, 0.717) is 12.0 Å². The van der Waals surface area contributed by atoms with Crippen molar-refractivity contribution in [2.75, 3.05) is 5.32 Å². The Morgan fingerprint density at radius 2 is 2.13 bits per heavy atom. The molecule has 0 bridgehead atoms. The van der Waals surface area contributed by atoms with Gasteiger partial charge in [0.25, 0.3) is 0 Å². The maximum absolute atomic E-state index is 4.74. The van der Waals surface area contributed by atoms with Gasteiger partial charge in [-0.25, -0.2) is 0 Å². The van der Waals surface area contributed by atoms with Crippen LogP contribution in [-0.2, 0) is 0 Å². The van der Waals surface area contributed by atoms with E-state index in [0.717, 1.165) is 5.69 Å². The van der Waals surface area contributed by atoms with E-state index in [9.17, 15) is 0 Å². The number of para-hydroxylation sites is 2. The molecule has 2 atom stereocenters. The molecule has 3 rings (SSSR count).